The van der Waals surface area contributed by atoms with Crippen molar-refractivity contribution in [1.82, 2.24) is 24.3 Å². The summed E-state index contributed by atoms with van der Waals surface area (Å²) in [6.07, 6.45) is 3.80. The van der Waals surface area contributed by atoms with Crippen LogP contribution in [0.15, 0.2) is 41.3 Å². The topological polar surface area (TPSA) is 143 Å². The third kappa shape index (κ3) is 6.73. The van der Waals surface area contributed by atoms with Crippen LogP contribution in [-0.2, 0) is 11.3 Å². The predicted octanol–water partition coefficient (Wildman–Crippen LogP) is 0.815. The molecule has 4 rings (SSSR count). The standard InChI is InChI=1S/C26H38N8O3/c1-26(2,28)23(35)32-10-12-33(13-11-32)24(36)29-22-8-9-34(25(37)30-22)21-6-4-18(5-7-21)16-31(3)17-19-14-20(27)15-19/h4-9,19-20H,10-17,27-28H2,1-3H3,(H,29,30,36,37). The van der Waals surface area contributed by atoms with Crippen molar-refractivity contribution in [2.75, 3.05) is 45.1 Å². The average molecular weight is 511 g/mol. The van der Waals surface area contributed by atoms with Crippen LogP contribution in [0.1, 0.15) is 32.3 Å². The van der Waals surface area contributed by atoms with Gasteiger partial charge in [-0.05, 0) is 63.4 Å². The first kappa shape index (κ1) is 26.8. The quantitative estimate of drug-likeness (QED) is 0.500. The first-order valence-corrected chi connectivity index (χ1v) is 12.8. The van der Waals surface area contributed by atoms with Gasteiger partial charge in [-0.3, -0.25) is 14.7 Å². The first-order chi connectivity index (χ1) is 17.5. The van der Waals surface area contributed by atoms with Crippen LogP contribution >= 0.6 is 0 Å². The highest BCUT2D eigenvalue weighted by Gasteiger charge is 2.31. The Kier molecular flexibility index (Phi) is 7.96. The fourth-order valence-electron chi connectivity index (χ4n) is 4.89. The van der Waals surface area contributed by atoms with Gasteiger partial charge >= 0.3 is 11.7 Å². The molecule has 0 unspecified atom stereocenters. The van der Waals surface area contributed by atoms with Crippen molar-refractivity contribution in [2.24, 2.45) is 17.4 Å². The molecule has 2 heterocycles. The summed E-state index contributed by atoms with van der Waals surface area (Å²) < 4.78 is 1.44. The van der Waals surface area contributed by atoms with E-state index in [4.69, 9.17) is 11.5 Å². The average Bonchev–Trinajstić information content (AvgIpc) is 2.83. The molecular weight excluding hydrogens is 472 g/mol. The minimum atomic E-state index is -0.945. The minimum Gasteiger partial charge on any atom is -0.338 e. The molecule has 11 heteroatoms. The Hall–Kier alpha value is -3.28. The van der Waals surface area contributed by atoms with E-state index in [9.17, 15) is 14.4 Å². The molecule has 1 aromatic heterocycles. The molecule has 0 radical (unpaired) electrons. The van der Waals surface area contributed by atoms with Crippen LogP contribution in [0.25, 0.3) is 5.69 Å². The number of nitrogens with two attached hydrogens (primary N) is 2. The molecule has 0 spiro atoms. The number of benzene rings is 1. The second-order valence-electron chi connectivity index (χ2n) is 10.9. The highest BCUT2D eigenvalue weighted by Crippen LogP contribution is 2.26. The fourth-order valence-corrected chi connectivity index (χ4v) is 4.89. The van der Waals surface area contributed by atoms with Crippen molar-refractivity contribution in [2.45, 2.75) is 44.8 Å². The summed E-state index contributed by atoms with van der Waals surface area (Å²) in [6.45, 7) is 6.76. The first-order valence-electron chi connectivity index (χ1n) is 12.8. The van der Waals surface area contributed by atoms with E-state index in [2.05, 4.69) is 22.2 Å². The molecule has 1 aliphatic carbocycles. The van der Waals surface area contributed by atoms with E-state index in [0.29, 0.717) is 43.8 Å². The number of amides is 3. The Morgan fingerprint density at radius 2 is 1.70 bits per heavy atom. The number of hydrogen-bond acceptors (Lipinski definition) is 7. The van der Waals surface area contributed by atoms with E-state index in [1.165, 1.54) is 4.57 Å². The summed E-state index contributed by atoms with van der Waals surface area (Å²) in [5.74, 6) is 0.721. The Morgan fingerprint density at radius 1 is 1.08 bits per heavy atom. The van der Waals surface area contributed by atoms with Gasteiger partial charge in [0.15, 0.2) is 0 Å². The van der Waals surface area contributed by atoms with E-state index in [0.717, 1.165) is 31.5 Å². The smallest absolute Gasteiger partial charge is 0.338 e. The van der Waals surface area contributed by atoms with Gasteiger partial charge in [-0.15, -0.1) is 0 Å². The SMILES string of the molecule is CN(Cc1ccc(-n2ccc(NC(=O)N3CCN(C(=O)C(C)(C)N)CC3)nc2=O)cc1)CC1CC(N)C1. The fraction of sp³-hybridized carbons (Fsp3) is 0.538. The van der Waals surface area contributed by atoms with Crippen LogP contribution in [0.4, 0.5) is 10.6 Å². The Bertz CT molecular complexity index is 1160. The molecule has 1 aromatic carbocycles. The lowest BCUT2D eigenvalue weighted by molar-refractivity contribution is -0.137. The normalized spacial score (nSPS) is 20.1. The third-order valence-electron chi connectivity index (χ3n) is 6.95. The van der Waals surface area contributed by atoms with Gasteiger partial charge in [0.05, 0.1) is 11.2 Å². The number of anilines is 1. The van der Waals surface area contributed by atoms with Crippen molar-refractivity contribution in [3.8, 4) is 5.69 Å². The third-order valence-corrected chi connectivity index (χ3v) is 6.95. The number of carbonyl (C=O) groups excluding carboxylic acids is 2. The molecule has 2 aliphatic rings. The van der Waals surface area contributed by atoms with Crippen molar-refractivity contribution < 1.29 is 9.59 Å². The lowest BCUT2D eigenvalue weighted by Crippen LogP contribution is -2.58. The van der Waals surface area contributed by atoms with Crippen LogP contribution in [0.3, 0.4) is 0 Å². The number of carbonyl (C=O) groups is 2. The number of nitrogens with one attached hydrogen (secondary N) is 1. The summed E-state index contributed by atoms with van der Waals surface area (Å²) in [4.78, 5) is 47.3. The number of aromatic nitrogens is 2. The Balaban J connectivity index is 1.30. The number of piperazine rings is 1. The summed E-state index contributed by atoms with van der Waals surface area (Å²) >= 11 is 0. The van der Waals surface area contributed by atoms with E-state index >= 15 is 0 Å². The summed E-state index contributed by atoms with van der Waals surface area (Å²) in [5, 5.41) is 2.68. The number of nitrogens with zero attached hydrogens (tertiary/aromatic N) is 5. The van der Waals surface area contributed by atoms with Crippen molar-refractivity contribution in [1.29, 1.82) is 0 Å². The molecule has 2 fully saturated rings. The largest absolute Gasteiger partial charge is 0.354 e. The minimum absolute atomic E-state index is 0.142. The zero-order valence-corrected chi connectivity index (χ0v) is 21.9. The predicted molar refractivity (Wildman–Crippen MR) is 142 cm³/mol. The number of hydrogen-bond donors (Lipinski definition) is 3. The molecule has 5 N–H and O–H groups in total. The zero-order chi connectivity index (χ0) is 26.7. The van der Waals surface area contributed by atoms with E-state index in [-0.39, 0.29) is 17.8 Å². The van der Waals surface area contributed by atoms with E-state index in [1.54, 1.807) is 35.9 Å². The van der Waals surface area contributed by atoms with Gasteiger partial charge in [-0.25, -0.2) is 9.59 Å². The van der Waals surface area contributed by atoms with E-state index in [1.807, 2.05) is 24.3 Å². The molecule has 1 aliphatic heterocycles. The summed E-state index contributed by atoms with van der Waals surface area (Å²) in [5.41, 5.74) is 12.2. The van der Waals surface area contributed by atoms with Gasteiger partial charge in [0.2, 0.25) is 5.91 Å². The summed E-state index contributed by atoms with van der Waals surface area (Å²) in [6, 6.07) is 9.41. The van der Waals surface area contributed by atoms with Crippen molar-refractivity contribution in [3.05, 3.63) is 52.6 Å². The second kappa shape index (κ2) is 11.0. The highest BCUT2D eigenvalue weighted by molar-refractivity contribution is 5.89. The maximum absolute atomic E-state index is 12.7. The molecule has 200 valence electrons. The van der Waals surface area contributed by atoms with Gasteiger partial charge in [0.1, 0.15) is 5.82 Å². The number of rotatable bonds is 7. The maximum Gasteiger partial charge on any atom is 0.354 e. The maximum atomic E-state index is 12.7. The number of urea groups is 1. The van der Waals surface area contributed by atoms with Crippen molar-refractivity contribution >= 4 is 17.8 Å². The van der Waals surface area contributed by atoms with Gasteiger partial charge in [0.25, 0.3) is 0 Å². The zero-order valence-electron chi connectivity index (χ0n) is 21.9. The van der Waals surface area contributed by atoms with Gasteiger partial charge in [-0.2, -0.15) is 4.98 Å². The molecular formula is C26H38N8O3. The monoisotopic (exact) mass is 510 g/mol. The van der Waals surface area contributed by atoms with E-state index < -0.39 is 11.2 Å². The molecule has 2 aromatic rings. The van der Waals surface area contributed by atoms with Crippen LogP contribution in [-0.4, -0.2) is 87.5 Å². The molecule has 11 nitrogen and oxygen atoms in total. The molecule has 1 saturated carbocycles. The lowest BCUT2D eigenvalue weighted by atomic mass is 9.80. The molecule has 3 amide bonds. The van der Waals surface area contributed by atoms with Crippen LogP contribution in [0, 0.1) is 5.92 Å². The van der Waals surface area contributed by atoms with Crippen molar-refractivity contribution in [3.63, 3.8) is 0 Å². The van der Waals surface area contributed by atoms with Crippen LogP contribution < -0.4 is 22.5 Å². The van der Waals surface area contributed by atoms with Crippen LogP contribution in [0.5, 0.6) is 0 Å². The molecule has 37 heavy (non-hydrogen) atoms. The lowest BCUT2D eigenvalue weighted by Gasteiger charge is -2.37. The second-order valence-corrected chi connectivity index (χ2v) is 10.9. The highest BCUT2D eigenvalue weighted by atomic mass is 16.2. The van der Waals surface area contributed by atoms with Gasteiger partial charge < -0.3 is 26.2 Å². The molecule has 1 saturated heterocycles. The summed E-state index contributed by atoms with van der Waals surface area (Å²) in [7, 11) is 2.11. The molecule has 0 bridgehead atoms. The Morgan fingerprint density at radius 3 is 2.27 bits per heavy atom. The molecule has 0 atom stereocenters. The Labute approximate surface area is 217 Å². The van der Waals surface area contributed by atoms with Crippen LogP contribution in [0.2, 0.25) is 0 Å². The van der Waals surface area contributed by atoms with Gasteiger partial charge in [0, 0.05) is 51.5 Å². The van der Waals surface area contributed by atoms with Gasteiger partial charge in [-0.1, -0.05) is 12.1 Å².